The van der Waals surface area contributed by atoms with Gasteiger partial charge in [-0.3, -0.25) is 9.89 Å². The Hall–Kier alpha value is -2.08. The number of rotatable bonds is 4. The lowest BCUT2D eigenvalue weighted by Gasteiger charge is -2.08. The summed E-state index contributed by atoms with van der Waals surface area (Å²) < 4.78 is 0. The number of aryl methyl sites for hydroxylation is 2. The molecule has 0 saturated carbocycles. The van der Waals surface area contributed by atoms with Crippen LogP contribution < -0.4 is 10.6 Å². The molecule has 2 heterocycles. The van der Waals surface area contributed by atoms with Crippen molar-refractivity contribution in [3.05, 3.63) is 34.2 Å². The maximum Gasteiger partial charge on any atom is 0.257 e. The highest BCUT2D eigenvalue weighted by Crippen LogP contribution is 2.22. The van der Waals surface area contributed by atoms with Crippen molar-refractivity contribution < 1.29 is 4.79 Å². The van der Waals surface area contributed by atoms with Gasteiger partial charge in [0.2, 0.25) is 0 Å². The summed E-state index contributed by atoms with van der Waals surface area (Å²) in [6.45, 7) is 6.32. The molecule has 3 N–H and O–H groups in total. The Morgan fingerprint density at radius 1 is 1.45 bits per heavy atom. The van der Waals surface area contributed by atoms with Gasteiger partial charge in [-0.1, -0.05) is 11.6 Å². The van der Waals surface area contributed by atoms with Crippen molar-refractivity contribution in [2.75, 3.05) is 17.2 Å². The lowest BCUT2D eigenvalue weighted by atomic mass is 10.2. The van der Waals surface area contributed by atoms with E-state index in [4.69, 9.17) is 11.6 Å². The molecule has 0 fully saturated rings. The molecule has 0 saturated heterocycles. The van der Waals surface area contributed by atoms with E-state index in [9.17, 15) is 4.79 Å². The summed E-state index contributed by atoms with van der Waals surface area (Å²) in [4.78, 5) is 16.3. The largest absolute Gasteiger partial charge is 0.369 e. The van der Waals surface area contributed by atoms with Crippen LogP contribution in [-0.4, -0.2) is 27.6 Å². The van der Waals surface area contributed by atoms with Gasteiger partial charge in [0.05, 0.1) is 27.7 Å². The van der Waals surface area contributed by atoms with Crippen molar-refractivity contribution in [3.8, 4) is 0 Å². The Morgan fingerprint density at radius 2 is 2.20 bits per heavy atom. The third-order valence-electron chi connectivity index (χ3n) is 2.81. The summed E-state index contributed by atoms with van der Waals surface area (Å²) in [6, 6.07) is 1.59. The number of halogens is 1. The first-order valence-electron chi connectivity index (χ1n) is 6.25. The Balaban J connectivity index is 2.20. The highest BCUT2D eigenvalue weighted by molar-refractivity contribution is 6.33. The second-order valence-corrected chi connectivity index (χ2v) is 4.76. The second kappa shape index (κ2) is 5.92. The van der Waals surface area contributed by atoms with Crippen molar-refractivity contribution in [2.45, 2.75) is 20.8 Å². The van der Waals surface area contributed by atoms with E-state index in [-0.39, 0.29) is 5.91 Å². The zero-order valence-electron chi connectivity index (χ0n) is 11.5. The summed E-state index contributed by atoms with van der Waals surface area (Å²) in [7, 11) is 0. The zero-order valence-corrected chi connectivity index (χ0v) is 12.3. The molecule has 106 valence electrons. The number of aromatic amines is 1. The lowest BCUT2D eigenvalue weighted by molar-refractivity contribution is 0.102. The topological polar surface area (TPSA) is 82.7 Å². The number of nitrogens with one attached hydrogen (secondary N) is 3. The normalized spacial score (nSPS) is 10.4. The molecule has 0 bridgehead atoms. The molecular weight excluding hydrogens is 278 g/mol. The van der Waals surface area contributed by atoms with E-state index in [0.717, 1.165) is 11.4 Å². The van der Waals surface area contributed by atoms with Crippen molar-refractivity contribution in [2.24, 2.45) is 0 Å². The summed E-state index contributed by atoms with van der Waals surface area (Å²) in [5.74, 6) is 0.302. The Kier molecular flexibility index (Phi) is 4.24. The molecule has 1 amide bonds. The summed E-state index contributed by atoms with van der Waals surface area (Å²) >= 11 is 6.07. The van der Waals surface area contributed by atoms with Crippen molar-refractivity contribution in [3.63, 3.8) is 0 Å². The van der Waals surface area contributed by atoms with Crippen LogP contribution in [0.4, 0.5) is 11.5 Å². The maximum atomic E-state index is 12.2. The molecule has 0 aromatic carbocycles. The van der Waals surface area contributed by atoms with Gasteiger partial charge in [-0.25, -0.2) is 4.98 Å². The third-order valence-corrected chi connectivity index (χ3v) is 3.10. The fourth-order valence-electron chi connectivity index (χ4n) is 1.78. The minimum absolute atomic E-state index is 0.268. The monoisotopic (exact) mass is 293 g/mol. The van der Waals surface area contributed by atoms with E-state index in [2.05, 4.69) is 25.8 Å². The molecule has 2 aromatic heterocycles. The number of anilines is 2. The van der Waals surface area contributed by atoms with Crippen LogP contribution >= 0.6 is 11.6 Å². The molecule has 6 nitrogen and oxygen atoms in total. The number of nitrogens with zero attached hydrogens (tertiary/aromatic N) is 2. The second-order valence-electron chi connectivity index (χ2n) is 4.35. The molecule has 0 aliphatic rings. The van der Waals surface area contributed by atoms with E-state index < -0.39 is 0 Å². The van der Waals surface area contributed by atoms with Crippen LogP contribution in [0.3, 0.4) is 0 Å². The van der Waals surface area contributed by atoms with Gasteiger partial charge >= 0.3 is 0 Å². The first kappa shape index (κ1) is 14.3. The molecule has 0 aliphatic heterocycles. The van der Waals surface area contributed by atoms with E-state index in [0.29, 0.717) is 28.6 Å². The van der Waals surface area contributed by atoms with Gasteiger partial charge in [0, 0.05) is 12.7 Å². The quantitative estimate of drug-likeness (QED) is 0.809. The van der Waals surface area contributed by atoms with Gasteiger partial charge in [-0.15, -0.1) is 0 Å². The van der Waals surface area contributed by atoms with Crippen molar-refractivity contribution in [1.82, 2.24) is 15.2 Å². The lowest BCUT2D eigenvalue weighted by Crippen LogP contribution is -2.14. The van der Waals surface area contributed by atoms with Gasteiger partial charge in [0.1, 0.15) is 5.82 Å². The van der Waals surface area contributed by atoms with E-state index in [1.54, 1.807) is 6.07 Å². The van der Waals surface area contributed by atoms with E-state index >= 15 is 0 Å². The molecule has 0 atom stereocenters. The van der Waals surface area contributed by atoms with Gasteiger partial charge in [-0.2, -0.15) is 5.10 Å². The first-order valence-corrected chi connectivity index (χ1v) is 6.63. The fraction of sp³-hybridized carbons (Fsp3) is 0.308. The average molecular weight is 294 g/mol. The number of carbonyl (C=O) groups excluding carboxylic acids is 1. The smallest absolute Gasteiger partial charge is 0.257 e. The molecule has 20 heavy (non-hydrogen) atoms. The molecule has 0 radical (unpaired) electrons. The number of aromatic nitrogens is 3. The Morgan fingerprint density at radius 3 is 2.75 bits per heavy atom. The minimum Gasteiger partial charge on any atom is -0.369 e. The van der Waals surface area contributed by atoms with E-state index in [1.807, 2.05) is 20.8 Å². The van der Waals surface area contributed by atoms with Crippen LogP contribution in [0.15, 0.2) is 12.3 Å². The molecule has 0 unspecified atom stereocenters. The third kappa shape index (κ3) is 2.91. The number of pyridine rings is 1. The van der Waals surface area contributed by atoms with Crippen molar-refractivity contribution >= 4 is 29.0 Å². The maximum absolute atomic E-state index is 12.2. The van der Waals surface area contributed by atoms with Gasteiger partial charge in [0.25, 0.3) is 5.91 Å². The number of amides is 1. The van der Waals surface area contributed by atoms with Gasteiger partial charge < -0.3 is 10.6 Å². The van der Waals surface area contributed by atoms with Crippen LogP contribution in [0, 0.1) is 13.8 Å². The van der Waals surface area contributed by atoms with Gasteiger partial charge in [0.15, 0.2) is 0 Å². The summed E-state index contributed by atoms with van der Waals surface area (Å²) in [6.07, 6.45) is 1.49. The van der Waals surface area contributed by atoms with Gasteiger partial charge in [-0.05, 0) is 26.8 Å². The average Bonchev–Trinajstić information content (AvgIpc) is 2.73. The molecule has 2 rings (SSSR count). The highest BCUT2D eigenvalue weighted by atomic mass is 35.5. The van der Waals surface area contributed by atoms with Crippen LogP contribution in [0.1, 0.15) is 28.7 Å². The van der Waals surface area contributed by atoms with Crippen LogP contribution in [0.5, 0.6) is 0 Å². The predicted molar refractivity (Wildman–Crippen MR) is 79.4 cm³/mol. The molecule has 2 aromatic rings. The Labute approximate surface area is 121 Å². The first-order chi connectivity index (χ1) is 9.52. The number of hydrogen-bond donors (Lipinski definition) is 3. The summed E-state index contributed by atoms with van der Waals surface area (Å²) in [5.41, 5.74) is 2.62. The molecule has 0 aliphatic carbocycles. The van der Waals surface area contributed by atoms with Crippen LogP contribution in [-0.2, 0) is 0 Å². The summed E-state index contributed by atoms with van der Waals surface area (Å²) in [5, 5.41) is 13.1. The zero-order chi connectivity index (χ0) is 14.7. The standard InChI is InChI=1S/C13H16ClN5O/c1-4-15-12-10(14)5-9(6-16-12)13(20)17-11-7(2)18-19-8(11)3/h5-6H,4H2,1-3H3,(H,15,16)(H,17,20)(H,18,19). The molecular formula is C13H16ClN5O. The fourth-order valence-corrected chi connectivity index (χ4v) is 2.01. The number of hydrogen-bond acceptors (Lipinski definition) is 4. The highest BCUT2D eigenvalue weighted by Gasteiger charge is 2.13. The number of carbonyl (C=O) groups is 1. The van der Waals surface area contributed by atoms with Crippen molar-refractivity contribution in [1.29, 1.82) is 0 Å². The predicted octanol–water partition coefficient (Wildman–Crippen LogP) is 2.76. The number of H-pyrrole nitrogens is 1. The molecule has 7 heteroatoms. The molecule has 0 spiro atoms. The van der Waals surface area contributed by atoms with E-state index in [1.165, 1.54) is 6.20 Å². The Bertz CT molecular complexity index is 618. The SMILES string of the molecule is CCNc1ncc(C(=O)Nc2c(C)n[nH]c2C)cc1Cl. The minimum atomic E-state index is -0.268. The van der Waals surface area contributed by atoms with Crippen LogP contribution in [0.2, 0.25) is 5.02 Å². The van der Waals surface area contributed by atoms with Crippen LogP contribution in [0.25, 0.3) is 0 Å².